The molecular weight excluding hydrogens is 592 g/mol. The molecule has 0 saturated carbocycles. The molecule has 0 aromatic heterocycles. The summed E-state index contributed by atoms with van der Waals surface area (Å²) in [6.07, 6.45) is 16.4. The number of benzene rings is 3. The second-order valence-corrected chi connectivity index (χ2v) is 12.2. The number of hydrogen-bond acceptors (Lipinski definition) is 3. The van der Waals surface area contributed by atoms with Crippen molar-refractivity contribution >= 4 is 6.08 Å². The SMILES string of the molecule is CCCCCCCCCCOc1ccc(-c2ccc(-c3ccc(C=CC4COC(CCCCC)OC4)c(F)c3F)cc2)c(F)c1F. The zero-order chi connectivity index (χ0) is 32.7. The Labute approximate surface area is 272 Å². The maximum Gasteiger partial charge on any atom is 0.201 e. The zero-order valence-electron chi connectivity index (χ0n) is 27.3. The van der Waals surface area contributed by atoms with Gasteiger partial charge in [-0.15, -0.1) is 0 Å². The topological polar surface area (TPSA) is 27.7 Å². The number of ether oxygens (including phenoxy) is 3. The van der Waals surface area contributed by atoms with Crippen molar-refractivity contribution in [2.24, 2.45) is 5.92 Å². The first-order valence-electron chi connectivity index (χ1n) is 17.0. The van der Waals surface area contributed by atoms with E-state index in [-0.39, 0.29) is 34.6 Å². The van der Waals surface area contributed by atoms with E-state index in [1.807, 2.05) is 0 Å². The van der Waals surface area contributed by atoms with E-state index < -0.39 is 23.3 Å². The fourth-order valence-electron chi connectivity index (χ4n) is 5.67. The van der Waals surface area contributed by atoms with Crippen LogP contribution in [0, 0.1) is 29.2 Å². The molecule has 7 heteroatoms. The molecule has 1 fully saturated rings. The number of unbranched alkanes of at least 4 members (excludes halogenated alkanes) is 9. The van der Waals surface area contributed by atoms with Crippen molar-refractivity contribution in [1.29, 1.82) is 0 Å². The molecular formula is C39H48F4O3. The lowest BCUT2D eigenvalue weighted by molar-refractivity contribution is -0.195. The van der Waals surface area contributed by atoms with Gasteiger partial charge in [0.25, 0.3) is 0 Å². The minimum atomic E-state index is -1.03. The van der Waals surface area contributed by atoms with Crippen LogP contribution in [0.1, 0.15) is 96.5 Å². The zero-order valence-corrected chi connectivity index (χ0v) is 27.3. The smallest absolute Gasteiger partial charge is 0.201 e. The van der Waals surface area contributed by atoms with Crippen LogP contribution in [-0.2, 0) is 9.47 Å². The third-order valence-electron chi connectivity index (χ3n) is 8.51. The van der Waals surface area contributed by atoms with E-state index in [0.717, 1.165) is 44.9 Å². The van der Waals surface area contributed by atoms with Gasteiger partial charge in [-0.1, -0.05) is 120 Å². The van der Waals surface area contributed by atoms with Gasteiger partial charge < -0.3 is 14.2 Å². The summed E-state index contributed by atoms with van der Waals surface area (Å²) in [6.45, 7) is 5.62. The summed E-state index contributed by atoms with van der Waals surface area (Å²) in [7, 11) is 0. The molecule has 0 unspecified atom stereocenters. The maximum atomic E-state index is 15.1. The number of rotatable bonds is 18. The van der Waals surface area contributed by atoms with Crippen molar-refractivity contribution < 1.29 is 31.8 Å². The molecule has 0 spiro atoms. The second-order valence-electron chi connectivity index (χ2n) is 12.2. The van der Waals surface area contributed by atoms with Gasteiger partial charge in [0.2, 0.25) is 5.82 Å². The lowest BCUT2D eigenvalue weighted by Gasteiger charge is -2.28. The quantitative estimate of drug-likeness (QED) is 0.102. The van der Waals surface area contributed by atoms with Gasteiger partial charge in [-0.3, -0.25) is 0 Å². The van der Waals surface area contributed by atoms with Crippen molar-refractivity contribution in [3.8, 4) is 28.0 Å². The largest absolute Gasteiger partial charge is 0.490 e. The molecule has 0 bridgehead atoms. The highest BCUT2D eigenvalue weighted by Crippen LogP contribution is 2.33. The molecule has 46 heavy (non-hydrogen) atoms. The minimum Gasteiger partial charge on any atom is -0.490 e. The van der Waals surface area contributed by atoms with Crippen LogP contribution >= 0.6 is 0 Å². The lowest BCUT2D eigenvalue weighted by Crippen LogP contribution is -2.31. The van der Waals surface area contributed by atoms with Gasteiger partial charge in [0.1, 0.15) is 0 Å². The summed E-state index contributed by atoms with van der Waals surface area (Å²) in [5.41, 5.74) is 1.12. The first-order chi connectivity index (χ1) is 22.4. The molecule has 1 aliphatic heterocycles. The van der Waals surface area contributed by atoms with Crippen LogP contribution in [0.2, 0.25) is 0 Å². The van der Waals surface area contributed by atoms with Crippen LogP contribution < -0.4 is 4.74 Å². The Kier molecular flexibility index (Phi) is 14.6. The molecule has 250 valence electrons. The standard InChI is InChI=1S/C39H48F4O3/c1-3-5-7-8-9-10-11-13-25-44-34-24-23-33(38(42)39(34)43)30-19-17-29(18-20-30)32-22-21-31(36(40)37(32)41)16-15-28-26-45-35(46-27-28)14-12-6-4-2/h15-24,28,35H,3-14,25-27H2,1-2H3. The Balaban J connectivity index is 1.32. The van der Waals surface area contributed by atoms with Crippen molar-refractivity contribution in [2.75, 3.05) is 19.8 Å². The lowest BCUT2D eigenvalue weighted by atomic mass is 9.98. The molecule has 0 N–H and O–H groups in total. The minimum absolute atomic E-state index is 0.0436. The van der Waals surface area contributed by atoms with Crippen LogP contribution in [0.15, 0.2) is 54.6 Å². The highest BCUT2D eigenvalue weighted by atomic mass is 19.2. The summed E-state index contributed by atoms with van der Waals surface area (Å²) in [5.74, 6) is -4.12. The Morgan fingerprint density at radius 1 is 0.630 bits per heavy atom. The van der Waals surface area contributed by atoms with E-state index >= 15 is 13.2 Å². The Morgan fingerprint density at radius 2 is 1.17 bits per heavy atom. The van der Waals surface area contributed by atoms with Crippen molar-refractivity contribution in [3.05, 3.63) is 83.4 Å². The van der Waals surface area contributed by atoms with Gasteiger partial charge >= 0.3 is 0 Å². The summed E-state index contributed by atoms with van der Waals surface area (Å²) < 4.78 is 77.1. The molecule has 0 radical (unpaired) electrons. The number of hydrogen-bond donors (Lipinski definition) is 0. The summed E-state index contributed by atoms with van der Waals surface area (Å²) in [5, 5.41) is 0. The van der Waals surface area contributed by atoms with Crippen LogP contribution in [0.4, 0.5) is 17.6 Å². The van der Waals surface area contributed by atoms with Crippen LogP contribution in [0.3, 0.4) is 0 Å². The second kappa shape index (κ2) is 18.9. The molecule has 0 amide bonds. The van der Waals surface area contributed by atoms with Gasteiger partial charge in [-0.2, -0.15) is 4.39 Å². The van der Waals surface area contributed by atoms with E-state index in [1.54, 1.807) is 36.4 Å². The van der Waals surface area contributed by atoms with Crippen LogP contribution in [0.25, 0.3) is 28.3 Å². The first-order valence-corrected chi connectivity index (χ1v) is 17.0. The fraction of sp³-hybridized carbons (Fsp3) is 0.487. The molecule has 0 aliphatic carbocycles. The summed E-state index contributed by atoms with van der Waals surface area (Å²) in [6, 6.07) is 12.2. The molecule has 1 heterocycles. The van der Waals surface area contributed by atoms with Crippen molar-refractivity contribution in [3.63, 3.8) is 0 Å². The molecule has 3 aromatic rings. The van der Waals surface area contributed by atoms with Gasteiger partial charge in [-0.05, 0) is 42.5 Å². The summed E-state index contributed by atoms with van der Waals surface area (Å²) >= 11 is 0. The average Bonchev–Trinajstić information content (AvgIpc) is 3.07. The van der Waals surface area contributed by atoms with Crippen LogP contribution in [-0.4, -0.2) is 26.1 Å². The molecule has 0 atom stereocenters. The number of halogens is 4. The fourth-order valence-corrected chi connectivity index (χ4v) is 5.67. The van der Waals surface area contributed by atoms with Gasteiger partial charge in [0.15, 0.2) is 29.5 Å². The molecule has 3 nitrogen and oxygen atoms in total. The first kappa shape index (κ1) is 35.7. The van der Waals surface area contributed by atoms with Gasteiger partial charge in [0, 0.05) is 22.6 Å². The Morgan fingerprint density at radius 3 is 1.80 bits per heavy atom. The van der Waals surface area contributed by atoms with Gasteiger partial charge in [0.05, 0.1) is 19.8 Å². The van der Waals surface area contributed by atoms with E-state index in [0.29, 0.717) is 30.9 Å². The van der Waals surface area contributed by atoms with Gasteiger partial charge in [-0.25, -0.2) is 13.2 Å². The summed E-state index contributed by atoms with van der Waals surface area (Å²) in [4.78, 5) is 0. The third kappa shape index (κ3) is 10.2. The molecule has 1 aliphatic rings. The van der Waals surface area contributed by atoms with Crippen molar-refractivity contribution in [2.45, 2.75) is 97.2 Å². The van der Waals surface area contributed by atoms with E-state index in [4.69, 9.17) is 14.2 Å². The molecule has 1 saturated heterocycles. The van der Waals surface area contributed by atoms with Crippen molar-refractivity contribution in [1.82, 2.24) is 0 Å². The molecule has 4 rings (SSSR count). The van der Waals surface area contributed by atoms with Crippen LogP contribution in [0.5, 0.6) is 5.75 Å². The van der Waals surface area contributed by atoms with E-state index in [9.17, 15) is 4.39 Å². The third-order valence-corrected chi connectivity index (χ3v) is 8.51. The van der Waals surface area contributed by atoms with E-state index in [1.165, 1.54) is 56.4 Å². The molecule has 3 aromatic carbocycles. The van der Waals surface area contributed by atoms with E-state index in [2.05, 4.69) is 13.8 Å². The Bertz CT molecular complexity index is 1380. The highest BCUT2D eigenvalue weighted by Gasteiger charge is 2.21. The monoisotopic (exact) mass is 640 g/mol. The Hall–Kier alpha value is -3.16. The normalized spacial score (nSPS) is 16.7. The highest BCUT2D eigenvalue weighted by molar-refractivity contribution is 5.72. The maximum absolute atomic E-state index is 15.1. The average molecular weight is 641 g/mol. The predicted octanol–water partition coefficient (Wildman–Crippen LogP) is 11.7. The predicted molar refractivity (Wildman–Crippen MR) is 178 cm³/mol.